The Labute approximate surface area is 118 Å². The van der Waals surface area contributed by atoms with Crippen LogP contribution in [0.1, 0.15) is 18.4 Å². The van der Waals surface area contributed by atoms with Gasteiger partial charge in [0.1, 0.15) is 6.04 Å². The number of anilines is 1. The third kappa shape index (κ3) is 3.04. The lowest BCUT2D eigenvalue weighted by Gasteiger charge is -2.16. The van der Waals surface area contributed by atoms with E-state index in [9.17, 15) is 14.9 Å². The summed E-state index contributed by atoms with van der Waals surface area (Å²) in [6.07, 6.45) is 1.79. The van der Waals surface area contributed by atoms with Crippen molar-refractivity contribution in [3.05, 3.63) is 32.3 Å². The highest BCUT2D eigenvalue weighted by atomic mass is 79.9. The Balaban J connectivity index is 2.27. The molecule has 19 heavy (non-hydrogen) atoms. The minimum absolute atomic E-state index is 0.00993. The van der Waals surface area contributed by atoms with E-state index in [-0.39, 0.29) is 11.6 Å². The number of hydrogen-bond acceptors (Lipinski definition) is 4. The number of nitro groups is 1. The highest BCUT2D eigenvalue weighted by Gasteiger charge is 2.36. The van der Waals surface area contributed by atoms with Gasteiger partial charge in [0.15, 0.2) is 0 Å². The van der Waals surface area contributed by atoms with E-state index in [4.69, 9.17) is 5.11 Å². The van der Waals surface area contributed by atoms with Gasteiger partial charge in [0.25, 0.3) is 5.69 Å². The van der Waals surface area contributed by atoms with Crippen LogP contribution in [0.4, 0.5) is 11.4 Å². The maximum atomic E-state index is 11.2. The first-order chi connectivity index (χ1) is 8.90. The van der Waals surface area contributed by atoms with Gasteiger partial charge in [-0.05, 0) is 47.7 Å². The van der Waals surface area contributed by atoms with Crippen molar-refractivity contribution >= 4 is 33.3 Å². The number of aryl methyl sites for hydroxylation is 1. The van der Waals surface area contributed by atoms with Gasteiger partial charge in [0.2, 0.25) is 0 Å². The zero-order valence-electron chi connectivity index (χ0n) is 10.2. The maximum Gasteiger partial charge on any atom is 0.326 e. The summed E-state index contributed by atoms with van der Waals surface area (Å²) in [6.45, 7) is 1.63. The molecule has 6 nitrogen and oxygen atoms in total. The summed E-state index contributed by atoms with van der Waals surface area (Å²) >= 11 is 3.24. The Bertz CT molecular complexity index is 543. The number of nitro benzene ring substituents is 1. The summed E-state index contributed by atoms with van der Waals surface area (Å²) in [4.78, 5) is 21.5. The minimum atomic E-state index is -0.898. The Morgan fingerprint density at radius 1 is 1.58 bits per heavy atom. The number of hydrogen-bond donors (Lipinski definition) is 2. The predicted octanol–water partition coefficient (Wildman–Crippen LogP) is 2.94. The van der Waals surface area contributed by atoms with Crippen LogP contribution in [0.5, 0.6) is 0 Å². The summed E-state index contributed by atoms with van der Waals surface area (Å²) in [5, 5.41) is 22.9. The summed E-state index contributed by atoms with van der Waals surface area (Å²) in [6, 6.07) is 2.35. The van der Waals surface area contributed by atoms with Crippen molar-refractivity contribution < 1.29 is 14.8 Å². The molecule has 0 saturated heterocycles. The van der Waals surface area contributed by atoms with Crippen molar-refractivity contribution in [1.82, 2.24) is 0 Å². The lowest BCUT2D eigenvalue weighted by atomic mass is 10.1. The quantitative estimate of drug-likeness (QED) is 0.640. The van der Waals surface area contributed by atoms with Crippen LogP contribution in [-0.4, -0.2) is 22.0 Å². The second kappa shape index (κ2) is 5.16. The van der Waals surface area contributed by atoms with Crippen LogP contribution >= 0.6 is 15.9 Å². The first-order valence-electron chi connectivity index (χ1n) is 5.84. The highest BCUT2D eigenvalue weighted by molar-refractivity contribution is 9.10. The zero-order valence-corrected chi connectivity index (χ0v) is 11.8. The fourth-order valence-corrected chi connectivity index (χ4v) is 2.40. The fraction of sp³-hybridized carbons (Fsp3) is 0.417. The average molecular weight is 329 g/mol. The highest BCUT2D eigenvalue weighted by Crippen LogP contribution is 2.37. The van der Waals surface area contributed by atoms with Crippen LogP contribution in [0.15, 0.2) is 16.6 Å². The molecule has 102 valence electrons. The molecule has 0 bridgehead atoms. The number of carboxylic acids is 1. The number of carbonyl (C=O) groups is 1. The number of rotatable bonds is 5. The molecule has 0 spiro atoms. The molecule has 2 N–H and O–H groups in total. The van der Waals surface area contributed by atoms with Gasteiger partial charge in [0.05, 0.1) is 4.92 Å². The molecule has 1 aliphatic rings. The van der Waals surface area contributed by atoms with Gasteiger partial charge in [-0.2, -0.15) is 0 Å². The van der Waals surface area contributed by atoms with E-state index >= 15 is 0 Å². The van der Waals surface area contributed by atoms with Crippen LogP contribution in [0, 0.1) is 23.0 Å². The SMILES string of the molecule is Cc1cc(NC(C(=O)O)C2CC2)c(Br)cc1[N+](=O)[O-]. The number of nitrogens with one attached hydrogen (secondary N) is 1. The third-order valence-corrected chi connectivity index (χ3v) is 3.81. The van der Waals surface area contributed by atoms with E-state index < -0.39 is 16.9 Å². The summed E-state index contributed by atoms with van der Waals surface area (Å²) in [5.74, 6) is -0.759. The first-order valence-corrected chi connectivity index (χ1v) is 6.63. The second-order valence-corrected chi connectivity index (χ2v) is 5.53. The van der Waals surface area contributed by atoms with Crippen molar-refractivity contribution in [2.75, 3.05) is 5.32 Å². The summed E-state index contributed by atoms with van der Waals surface area (Å²) < 4.78 is 0.497. The lowest BCUT2D eigenvalue weighted by Crippen LogP contribution is -2.31. The molecule has 7 heteroatoms. The van der Waals surface area contributed by atoms with Crippen molar-refractivity contribution in [1.29, 1.82) is 0 Å². The molecule has 1 atom stereocenters. The normalized spacial score (nSPS) is 15.9. The van der Waals surface area contributed by atoms with E-state index in [0.29, 0.717) is 15.7 Å². The molecular weight excluding hydrogens is 316 g/mol. The van der Waals surface area contributed by atoms with E-state index in [1.807, 2.05) is 0 Å². The van der Waals surface area contributed by atoms with Gasteiger partial charge in [-0.3, -0.25) is 10.1 Å². The molecule has 1 aromatic carbocycles. The number of benzene rings is 1. The Kier molecular flexibility index (Phi) is 3.75. The van der Waals surface area contributed by atoms with E-state index in [1.165, 1.54) is 6.07 Å². The molecule has 0 heterocycles. The number of halogens is 1. The number of nitrogens with zero attached hydrogens (tertiary/aromatic N) is 1. The number of aliphatic carboxylic acids is 1. The van der Waals surface area contributed by atoms with Gasteiger partial charge >= 0.3 is 5.97 Å². The zero-order chi connectivity index (χ0) is 14.2. The van der Waals surface area contributed by atoms with E-state index in [1.54, 1.807) is 13.0 Å². The van der Waals surface area contributed by atoms with Crippen LogP contribution in [0.3, 0.4) is 0 Å². The van der Waals surface area contributed by atoms with Gasteiger partial charge in [-0.25, -0.2) is 4.79 Å². The second-order valence-electron chi connectivity index (χ2n) is 4.67. The van der Waals surface area contributed by atoms with Crippen LogP contribution in [-0.2, 0) is 4.79 Å². The fourth-order valence-electron chi connectivity index (χ4n) is 1.96. The minimum Gasteiger partial charge on any atom is -0.480 e. The van der Waals surface area contributed by atoms with Crippen molar-refractivity contribution in [3.8, 4) is 0 Å². The molecular formula is C12H13BrN2O4. The maximum absolute atomic E-state index is 11.2. The third-order valence-electron chi connectivity index (χ3n) is 3.15. The molecule has 0 radical (unpaired) electrons. The molecule has 0 aliphatic heterocycles. The smallest absolute Gasteiger partial charge is 0.326 e. The van der Waals surface area contributed by atoms with Crippen molar-refractivity contribution in [2.24, 2.45) is 5.92 Å². The molecule has 1 saturated carbocycles. The van der Waals surface area contributed by atoms with E-state index in [2.05, 4.69) is 21.2 Å². The molecule has 2 rings (SSSR count). The van der Waals surface area contributed by atoms with Gasteiger partial charge in [0, 0.05) is 21.8 Å². The monoisotopic (exact) mass is 328 g/mol. The molecule has 1 unspecified atom stereocenters. The Morgan fingerprint density at radius 2 is 2.21 bits per heavy atom. The first kappa shape index (κ1) is 13.8. The van der Waals surface area contributed by atoms with Gasteiger partial charge in [-0.15, -0.1) is 0 Å². The van der Waals surface area contributed by atoms with Gasteiger partial charge in [-0.1, -0.05) is 0 Å². The van der Waals surface area contributed by atoms with Crippen LogP contribution in [0.25, 0.3) is 0 Å². The largest absolute Gasteiger partial charge is 0.480 e. The lowest BCUT2D eigenvalue weighted by molar-refractivity contribution is -0.385. The van der Waals surface area contributed by atoms with E-state index in [0.717, 1.165) is 12.8 Å². The topological polar surface area (TPSA) is 92.5 Å². The predicted molar refractivity (Wildman–Crippen MR) is 73.3 cm³/mol. The average Bonchev–Trinajstić information content (AvgIpc) is 3.12. The van der Waals surface area contributed by atoms with Crippen molar-refractivity contribution in [2.45, 2.75) is 25.8 Å². The molecule has 0 aromatic heterocycles. The molecule has 1 aliphatic carbocycles. The van der Waals surface area contributed by atoms with Crippen LogP contribution in [0.2, 0.25) is 0 Å². The van der Waals surface area contributed by atoms with Crippen LogP contribution < -0.4 is 5.32 Å². The summed E-state index contributed by atoms with van der Waals surface area (Å²) in [5.41, 5.74) is 1.08. The number of carboxylic acid groups (broad SMARTS) is 1. The Hall–Kier alpha value is -1.63. The van der Waals surface area contributed by atoms with Gasteiger partial charge < -0.3 is 10.4 Å². The standard InChI is InChI=1S/C12H13BrN2O4/c1-6-4-9(8(13)5-10(6)15(18)19)14-11(12(16)17)7-2-3-7/h4-5,7,11,14H,2-3H2,1H3,(H,16,17). The molecule has 0 amide bonds. The molecule has 1 aromatic rings. The van der Waals surface area contributed by atoms with Crippen molar-refractivity contribution in [3.63, 3.8) is 0 Å². The Morgan fingerprint density at radius 3 is 2.68 bits per heavy atom. The molecule has 1 fully saturated rings. The summed E-state index contributed by atoms with van der Waals surface area (Å²) in [7, 11) is 0.